The number of amides is 2. The second-order valence-electron chi connectivity index (χ2n) is 5.82. The smallest absolute Gasteiger partial charge is 0.270 e. The maximum atomic E-state index is 14.2. The number of thiocarbonyl (C=S) groups is 1. The number of rotatable bonds is 5. The number of anilines is 1. The van der Waals surface area contributed by atoms with Gasteiger partial charge in [-0.05, 0) is 80.0 Å². The molecule has 3 rings (SSSR count). The van der Waals surface area contributed by atoms with Crippen molar-refractivity contribution in [1.29, 1.82) is 0 Å². The third-order valence-electron chi connectivity index (χ3n) is 3.87. The first-order valence-electron chi connectivity index (χ1n) is 8.22. The highest BCUT2D eigenvalue weighted by Crippen LogP contribution is 2.36. The Morgan fingerprint density at radius 3 is 2.48 bits per heavy atom. The maximum absolute atomic E-state index is 14.2. The van der Waals surface area contributed by atoms with Gasteiger partial charge in [-0.3, -0.25) is 14.9 Å². The Morgan fingerprint density at radius 2 is 1.86 bits per heavy atom. The first kappa shape index (κ1) is 21.4. The van der Waals surface area contributed by atoms with Crippen molar-refractivity contribution in [3.8, 4) is 5.75 Å². The predicted molar refractivity (Wildman–Crippen MR) is 120 cm³/mol. The number of benzene rings is 2. The summed E-state index contributed by atoms with van der Waals surface area (Å²) in [6.07, 6.45) is 3.01. The van der Waals surface area contributed by atoms with Crippen LogP contribution in [0.1, 0.15) is 5.56 Å². The monoisotopic (exact) mass is 538 g/mol. The summed E-state index contributed by atoms with van der Waals surface area (Å²) >= 11 is 11.9. The first-order valence-corrected chi connectivity index (χ1v) is 10.2. The van der Waals surface area contributed by atoms with Gasteiger partial charge in [0.15, 0.2) is 5.11 Å². The number of nitrogens with one attached hydrogen (secondary N) is 1. The number of carbonyl (C=O) groups is 2. The van der Waals surface area contributed by atoms with Crippen molar-refractivity contribution >= 4 is 72.8 Å². The second-order valence-corrected chi connectivity index (χ2v) is 7.92. The van der Waals surface area contributed by atoms with E-state index >= 15 is 0 Å². The zero-order valence-electron chi connectivity index (χ0n) is 14.7. The lowest BCUT2D eigenvalue weighted by Gasteiger charge is -2.29. The molecule has 5 nitrogen and oxygen atoms in total. The molecule has 29 heavy (non-hydrogen) atoms. The molecule has 0 aliphatic carbocycles. The quantitative estimate of drug-likeness (QED) is 0.258. The summed E-state index contributed by atoms with van der Waals surface area (Å²) in [7, 11) is 0. The summed E-state index contributed by atoms with van der Waals surface area (Å²) in [5.74, 6) is -1.46. The van der Waals surface area contributed by atoms with E-state index < -0.39 is 17.6 Å². The minimum Gasteiger partial charge on any atom is -0.487 e. The molecule has 0 atom stereocenters. The topological polar surface area (TPSA) is 58.6 Å². The lowest BCUT2D eigenvalue weighted by Crippen LogP contribution is -2.54. The predicted octanol–water partition coefficient (Wildman–Crippen LogP) is 4.75. The van der Waals surface area contributed by atoms with Gasteiger partial charge in [0.2, 0.25) is 0 Å². The largest absolute Gasteiger partial charge is 0.487 e. The molecule has 2 aromatic rings. The molecule has 1 heterocycles. The van der Waals surface area contributed by atoms with Gasteiger partial charge in [0.1, 0.15) is 23.7 Å². The van der Waals surface area contributed by atoms with Gasteiger partial charge in [0, 0.05) is 0 Å². The van der Waals surface area contributed by atoms with Gasteiger partial charge in [-0.15, -0.1) is 0 Å². The molecule has 2 aromatic carbocycles. The van der Waals surface area contributed by atoms with Crippen LogP contribution >= 0.6 is 44.1 Å². The zero-order chi connectivity index (χ0) is 21.1. The third-order valence-corrected chi connectivity index (χ3v) is 5.33. The van der Waals surface area contributed by atoms with Gasteiger partial charge in [-0.1, -0.05) is 24.8 Å². The van der Waals surface area contributed by atoms with Crippen molar-refractivity contribution in [3.05, 3.63) is 75.0 Å². The highest BCUT2D eigenvalue weighted by molar-refractivity contribution is 9.11. The van der Waals surface area contributed by atoms with Crippen LogP contribution in [0.3, 0.4) is 0 Å². The van der Waals surface area contributed by atoms with E-state index in [0.717, 1.165) is 4.90 Å². The minimum atomic E-state index is -0.719. The lowest BCUT2D eigenvalue weighted by atomic mass is 10.1. The van der Waals surface area contributed by atoms with Crippen LogP contribution in [0.25, 0.3) is 6.08 Å². The average Bonchev–Trinajstić information content (AvgIpc) is 2.66. The zero-order valence-corrected chi connectivity index (χ0v) is 18.7. The summed E-state index contributed by atoms with van der Waals surface area (Å²) < 4.78 is 21.0. The molecule has 0 radical (unpaired) electrons. The van der Waals surface area contributed by atoms with Crippen molar-refractivity contribution in [2.24, 2.45) is 0 Å². The number of para-hydroxylation sites is 1. The Kier molecular flexibility index (Phi) is 6.61. The summed E-state index contributed by atoms with van der Waals surface area (Å²) in [5.41, 5.74) is 0.332. The Balaban J connectivity index is 2.01. The van der Waals surface area contributed by atoms with E-state index in [1.165, 1.54) is 24.3 Å². The molecular weight excluding hydrogens is 527 g/mol. The number of hydrogen-bond acceptors (Lipinski definition) is 4. The van der Waals surface area contributed by atoms with Crippen LogP contribution in [0.15, 0.2) is 63.6 Å². The van der Waals surface area contributed by atoms with E-state index in [0.29, 0.717) is 26.9 Å². The van der Waals surface area contributed by atoms with Crippen LogP contribution in [0.2, 0.25) is 0 Å². The second kappa shape index (κ2) is 8.98. The fourth-order valence-corrected chi connectivity index (χ4v) is 4.34. The first-order chi connectivity index (χ1) is 13.8. The minimum absolute atomic E-state index is 0.0380. The van der Waals surface area contributed by atoms with Crippen LogP contribution in [0.4, 0.5) is 10.1 Å². The molecule has 2 amide bonds. The fourth-order valence-electron chi connectivity index (χ4n) is 2.62. The number of hydrogen-bond donors (Lipinski definition) is 1. The van der Waals surface area contributed by atoms with Crippen molar-refractivity contribution in [2.75, 3.05) is 11.5 Å². The van der Waals surface area contributed by atoms with Crippen molar-refractivity contribution in [3.63, 3.8) is 0 Å². The van der Waals surface area contributed by atoms with Gasteiger partial charge >= 0.3 is 0 Å². The molecule has 1 N–H and O–H groups in total. The SMILES string of the molecule is C=CCOc1c(Br)cc(/C=C2/C(=O)NC(=S)N(c3ccccc3F)C2=O)cc1Br. The molecule has 0 bridgehead atoms. The van der Waals surface area contributed by atoms with Crippen LogP contribution in [0, 0.1) is 5.82 Å². The van der Waals surface area contributed by atoms with Crippen molar-refractivity contribution < 1.29 is 18.7 Å². The lowest BCUT2D eigenvalue weighted by molar-refractivity contribution is -0.122. The van der Waals surface area contributed by atoms with Crippen molar-refractivity contribution in [1.82, 2.24) is 5.32 Å². The number of halogens is 3. The Labute approximate surface area is 188 Å². The van der Waals surface area contributed by atoms with Gasteiger partial charge in [-0.25, -0.2) is 9.29 Å². The molecule has 0 spiro atoms. The standard InChI is InChI=1S/C20H13Br2FN2O3S/c1-2-7-28-17-13(21)9-11(10-14(17)22)8-12-18(26)24-20(29)25(19(12)27)16-6-4-3-5-15(16)23/h2-6,8-10H,1,7H2,(H,24,26,29)/b12-8-. The molecular formula is C20H13Br2FN2O3S. The van der Waals surface area contributed by atoms with Crippen molar-refractivity contribution in [2.45, 2.75) is 0 Å². The van der Waals surface area contributed by atoms with Crippen LogP contribution in [-0.2, 0) is 9.59 Å². The normalized spacial score (nSPS) is 15.5. The maximum Gasteiger partial charge on any atom is 0.270 e. The van der Waals surface area contributed by atoms with Gasteiger partial charge < -0.3 is 4.74 Å². The van der Waals surface area contributed by atoms with Gasteiger partial charge in [-0.2, -0.15) is 0 Å². The van der Waals surface area contributed by atoms with E-state index in [1.54, 1.807) is 24.3 Å². The summed E-state index contributed by atoms with van der Waals surface area (Å²) in [6, 6.07) is 9.07. The number of nitrogens with zero attached hydrogens (tertiary/aromatic N) is 1. The molecule has 1 aliphatic rings. The van der Waals surface area contributed by atoms with E-state index in [-0.39, 0.29) is 16.4 Å². The van der Waals surface area contributed by atoms with E-state index in [1.807, 2.05) is 0 Å². The summed E-state index contributed by atoms with van der Waals surface area (Å²) in [6.45, 7) is 3.92. The molecule has 1 fully saturated rings. The summed E-state index contributed by atoms with van der Waals surface area (Å²) in [4.78, 5) is 26.3. The molecule has 1 saturated heterocycles. The van der Waals surface area contributed by atoms with Crippen LogP contribution in [0.5, 0.6) is 5.75 Å². The highest BCUT2D eigenvalue weighted by atomic mass is 79.9. The Bertz CT molecular complexity index is 1050. The summed E-state index contributed by atoms with van der Waals surface area (Å²) in [5, 5.41) is 2.25. The molecule has 0 saturated carbocycles. The highest BCUT2D eigenvalue weighted by Gasteiger charge is 2.35. The third kappa shape index (κ3) is 4.47. The fraction of sp³-hybridized carbons (Fsp3) is 0.0500. The molecule has 0 unspecified atom stereocenters. The Hall–Kier alpha value is -2.36. The van der Waals surface area contributed by atoms with E-state index in [2.05, 4.69) is 43.8 Å². The van der Waals surface area contributed by atoms with Gasteiger partial charge in [0.25, 0.3) is 11.8 Å². The van der Waals surface area contributed by atoms with E-state index in [9.17, 15) is 14.0 Å². The van der Waals surface area contributed by atoms with Crippen LogP contribution in [-0.4, -0.2) is 23.5 Å². The average molecular weight is 540 g/mol. The number of ether oxygens (including phenoxy) is 1. The number of carbonyl (C=O) groups excluding carboxylic acids is 2. The van der Waals surface area contributed by atoms with E-state index in [4.69, 9.17) is 17.0 Å². The molecule has 1 aliphatic heterocycles. The van der Waals surface area contributed by atoms with Gasteiger partial charge in [0.05, 0.1) is 14.6 Å². The molecule has 0 aromatic heterocycles. The Morgan fingerprint density at radius 1 is 1.21 bits per heavy atom. The molecule has 9 heteroatoms. The molecule has 148 valence electrons. The van der Waals surface area contributed by atoms with Crippen LogP contribution < -0.4 is 15.0 Å².